The standard InChI is InChI=1S/C36H43N5O4/c1-25-33(26(2)45-39-25)35(43)38-30-16-17-32(31(24-30)34(42)37-20-11-21-40(3)4)41-22-18-29(19-23-41)36(44,27-12-7-5-8-13-27)28-14-9-6-10-15-28/h5-10,12-17,24,29,44H,11,18-23H2,1-4H3,(H,37,42)(H,38,43). The molecule has 45 heavy (non-hydrogen) atoms. The second kappa shape index (κ2) is 14.1. The fourth-order valence-electron chi connectivity index (χ4n) is 6.33. The lowest BCUT2D eigenvalue weighted by molar-refractivity contribution is 0.00504. The fraction of sp³-hybridized carbons (Fsp3) is 0.361. The van der Waals surface area contributed by atoms with E-state index in [1.165, 1.54) is 0 Å². The summed E-state index contributed by atoms with van der Waals surface area (Å²) in [5, 5.41) is 22.2. The van der Waals surface area contributed by atoms with E-state index in [2.05, 4.69) is 25.6 Å². The molecular formula is C36H43N5O4. The highest BCUT2D eigenvalue weighted by Gasteiger charge is 2.41. The lowest BCUT2D eigenvalue weighted by atomic mass is 9.72. The number of nitrogens with one attached hydrogen (secondary N) is 2. The van der Waals surface area contributed by atoms with Crippen molar-refractivity contribution < 1.29 is 19.2 Å². The number of amides is 2. The lowest BCUT2D eigenvalue weighted by Crippen LogP contribution is -2.44. The first-order valence-corrected chi connectivity index (χ1v) is 15.6. The second-order valence-electron chi connectivity index (χ2n) is 12.1. The SMILES string of the molecule is Cc1noc(C)c1C(=O)Nc1ccc(N2CCC(C(O)(c3ccccc3)c3ccccc3)CC2)c(C(=O)NCCCN(C)C)c1. The van der Waals surface area contributed by atoms with Crippen molar-refractivity contribution in [3.63, 3.8) is 0 Å². The summed E-state index contributed by atoms with van der Waals surface area (Å²) in [6.07, 6.45) is 2.28. The van der Waals surface area contributed by atoms with E-state index in [0.717, 1.165) is 42.6 Å². The van der Waals surface area contributed by atoms with Gasteiger partial charge in [0.15, 0.2) is 0 Å². The summed E-state index contributed by atoms with van der Waals surface area (Å²) in [6, 6.07) is 25.2. The van der Waals surface area contributed by atoms with Gasteiger partial charge in [0.1, 0.15) is 16.9 Å². The molecule has 3 N–H and O–H groups in total. The van der Waals surface area contributed by atoms with E-state index < -0.39 is 5.60 Å². The number of aromatic nitrogens is 1. The molecule has 2 amide bonds. The van der Waals surface area contributed by atoms with Gasteiger partial charge in [-0.2, -0.15) is 0 Å². The summed E-state index contributed by atoms with van der Waals surface area (Å²) >= 11 is 0. The molecule has 1 saturated heterocycles. The Bertz CT molecular complexity index is 1540. The summed E-state index contributed by atoms with van der Waals surface area (Å²) in [4.78, 5) is 31.0. The van der Waals surface area contributed by atoms with E-state index in [0.29, 0.717) is 47.9 Å². The van der Waals surface area contributed by atoms with Crippen molar-refractivity contribution in [2.75, 3.05) is 50.5 Å². The zero-order chi connectivity index (χ0) is 32.0. The number of aliphatic hydroxyl groups is 1. The normalized spacial score (nSPS) is 14.0. The maximum atomic E-state index is 13.6. The van der Waals surface area contributed by atoms with Crippen molar-refractivity contribution in [2.24, 2.45) is 5.92 Å². The molecule has 9 nitrogen and oxygen atoms in total. The molecule has 1 aliphatic rings. The van der Waals surface area contributed by atoms with Gasteiger partial charge in [-0.15, -0.1) is 0 Å². The Kier molecular flexibility index (Phi) is 10.0. The Morgan fingerprint density at radius 3 is 2.13 bits per heavy atom. The Hall–Kier alpha value is -4.47. The molecule has 0 spiro atoms. The third-order valence-corrected chi connectivity index (χ3v) is 8.68. The van der Waals surface area contributed by atoms with Crippen LogP contribution in [0.2, 0.25) is 0 Å². The maximum absolute atomic E-state index is 13.6. The van der Waals surface area contributed by atoms with Gasteiger partial charge in [-0.25, -0.2) is 0 Å². The molecule has 0 unspecified atom stereocenters. The van der Waals surface area contributed by atoms with Gasteiger partial charge in [0.05, 0.1) is 11.3 Å². The van der Waals surface area contributed by atoms with Crippen LogP contribution in [0.5, 0.6) is 0 Å². The van der Waals surface area contributed by atoms with Crippen LogP contribution >= 0.6 is 0 Å². The Balaban J connectivity index is 1.39. The molecule has 0 saturated carbocycles. The van der Waals surface area contributed by atoms with Gasteiger partial charge in [0.25, 0.3) is 11.8 Å². The van der Waals surface area contributed by atoms with Crippen LogP contribution in [0.25, 0.3) is 0 Å². The lowest BCUT2D eigenvalue weighted by Gasteiger charge is -2.43. The van der Waals surface area contributed by atoms with E-state index in [9.17, 15) is 14.7 Å². The summed E-state index contributed by atoms with van der Waals surface area (Å²) in [5.74, 6) is -0.104. The van der Waals surface area contributed by atoms with Gasteiger partial charge in [-0.1, -0.05) is 65.8 Å². The molecule has 0 atom stereocenters. The Morgan fingerprint density at radius 1 is 0.956 bits per heavy atom. The van der Waals surface area contributed by atoms with E-state index in [1.54, 1.807) is 19.9 Å². The molecule has 0 radical (unpaired) electrons. The van der Waals surface area contributed by atoms with Crippen LogP contribution < -0.4 is 15.5 Å². The molecular weight excluding hydrogens is 566 g/mol. The van der Waals surface area contributed by atoms with Crippen molar-refractivity contribution in [3.8, 4) is 0 Å². The average Bonchev–Trinajstić information content (AvgIpc) is 3.40. The van der Waals surface area contributed by atoms with Gasteiger partial charge in [0.2, 0.25) is 0 Å². The third-order valence-electron chi connectivity index (χ3n) is 8.68. The minimum Gasteiger partial charge on any atom is -0.380 e. The maximum Gasteiger partial charge on any atom is 0.261 e. The zero-order valence-electron chi connectivity index (χ0n) is 26.5. The van der Waals surface area contributed by atoms with Gasteiger partial charge < -0.3 is 30.1 Å². The smallest absolute Gasteiger partial charge is 0.261 e. The van der Waals surface area contributed by atoms with Gasteiger partial charge in [0, 0.05) is 31.0 Å². The minimum absolute atomic E-state index is 0.0181. The van der Waals surface area contributed by atoms with Crippen molar-refractivity contribution in [1.82, 2.24) is 15.4 Å². The number of nitrogens with zero attached hydrogens (tertiary/aromatic N) is 3. The summed E-state index contributed by atoms with van der Waals surface area (Å²) in [5.41, 5.74) is 3.34. The summed E-state index contributed by atoms with van der Waals surface area (Å²) in [7, 11) is 4.01. The predicted octanol–water partition coefficient (Wildman–Crippen LogP) is 5.38. The van der Waals surface area contributed by atoms with Gasteiger partial charge in [-0.05, 0) is 89.0 Å². The number of carbonyl (C=O) groups is 2. The average molecular weight is 610 g/mol. The number of aryl methyl sites for hydroxylation is 2. The fourth-order valence-corrected chi connectivity index (χ4v) is 6.33. The number of carbonyl (C=O) groups excluding carboxylic acids is 2. The van der Waals surface area contributed by atoms with Crippen LogP contribution in [0.1, 0.15) is 62.6 Å². The van der Waals surface area contributed by atoms with Gasteiger partial charge in [-0.3, -0.25) is 9.59 Å². The number of rotatable bonds is 11. The number of hydrogen-bond donors (Lipinski definition) is 3. The number of hydrogen-bond acceptors (Lipinski definition) is 7. The molecule has 1 fully saturated rings. The van der Waals surface area contributed by atoms with E-state index >= 15 is 0 Å². The zero-order valence-corrected chi connectivity index (χ0v) is 26.5. The first-order chi connectivity index (χ1) is 21.7. The van der Waals surface area contributed by atoms with Crippen LogP contribution in [-0.2, 0) is 5.60 Å². The molecule has 0 aliphatic carbocycles. The van der Waals surface area contributed by atoms with Crippen LogP contribution in [0.15, 0.2) is 83.4 Å². The third kappa shape index (κ3) is 7.10. The largest absolute Gasteiger partial charge is 0.380 e. The van der Waals surface area contributed by atoms with E-state index in [4.69, 9.17) is 4.52 Å². The molecule has 3 aromatic carbocycles. The summed E-state index contributed by atoms with van der Waals surface area (Å²) in [6.45, 7) is 6.15. The summed E-state index contributed by atoms with van der Waals surface area (Å²) < 4.78 is 5.17. The topological polar surface area (TPSA) is 111 Å². The van der Waals surface area contributed by atoms with E-state index in [-0.39, 0.29) is 17.7 Å². The Labute approximate surface area is 265 Å². The monoisotopic (exact) mass is 609 g/mol. The van der Waals surface area contributed by atoms with Crippen molar-refractivity contribution in [2.45, 2.75) is 38.7 Å². The molecule has 0 bridgehead atoms. The Morgan fingerprint density at radius 2 is 1.58 bits per heavy atom. The predicted molar refractivity (Wildman–Crippen MR) is 177 cm³/mol. The first-order valence-electron chi connectivity index (χ1n) is 15.6. The van der Waals surface area contributed by atoms with Gasteiger partial charge >= 0.3 is 0 Å². The van der Waals surface area contributed by atoms with E-state index in [1.807, 2.05) is 86.9 Å². The van der Waals surface area contributed by atoms with Crippen molar-refractivity contribution in [3.05, 3.63) is 113 Å². The first kappa shape index (κ1) is 31.9. The molecule has 4 aromatic rings. The van der Waals surface area contributed by atoms with Crippen LogP contribution in [0.4, 0.5) is 11.4 Å². The number of anilines is 2. The number of piperidine rings is 1. The van der Waals surface area contributed by atoms with Crippen LogP contribution in [0, 0.1) is 19.8 Å². The molecule has 1 aliphatic heterocycles. The molecule has 9 heteroatoms. The van der Waals surface area contributed by atoms with Crippen molar-refractivity contribution in [1.29, 1.82) is 0 Å². The second-order valence-corrected chi connectivity index (χ2v) is 12.1. The van der Waals surface area contributed by atoms with Crippen LogP contribution in [-0.4, -0.2) is 67.3 Å². The number of benzene rings is 3. The quantitative estimate of drug-likeness (QED) is 0.196. The van der Waals surface area contributed by atoms with Crippen molar-refractivity contribution >= 4 is 23.2 Å². The highest BCUT2D eigenvalue weighted by atomic mass is 16.5. The molecule has 5 rings (SSSR count). The highest BCUT2D eigenvalue weighted by Crippen LogP contribution is 2.43. The molecule has 236 valence electrons. The van der Waals surface area contributed by atoms with Crippen LogP contribution in [0.3, 0.4) is 0 Å². The molecule has 1 aromatic heterocycles. The molecule has 2 heterocycles. The highest BCUT2D eigenvalue weighted by molar-refractivity contribution is 6.07. The minimum atomic E-state index is -1.13.